The molecule has 4 aliphatic rings. The van der Waals surface area contributed by atoms with Gasteiger partial charge in [0.05, 0.1) is 13.2 Å². The first-order valence-corrected chi connectivity index (χ1v) is 9.73. The van der Waals surface area contributed by atoms with Crippen LogP contribution in [0.25, 0.3) is 0 Å². The normalized spacial score (nSPS) is 31.6. The summed E-state index contributed by atoms with van der Waals surface area (Å²) in [6.45, 7) is 2.97. The van der Waals surface area contributed by atoms with Gasteiger partial charge in [-0.25, -0.2) is 0 Å². The number of piperidine rings is 3. The Labute approximate surface area is 159 Å². The van der Waals surface area contributed by atoms with Crippen molar-refractivity contribution in [3.8, 4) is 5.75 Å². The molecule has 0 unspecified atom stereocenters. The lowest BCUT2D eigenvalue weighted by Crippen LogP contribution is -2.60. The maximum atomic E-state index is 13.3. The molecular formula is C21H24N4O2. The summed E-state index contributed by atoms with van der Waals surface area (Å²) < 4.78 is 5.65. The first-order chi connectivity index (χ1) is 13.3. The average Bonchev–Trinajstić information content (AvgIpc) is 3.17. The monoisotopic (exact) mass is 364 g/mol. The maximum Gasteiger partial charge on any atom is 0.274 e. The summed E-state index contributed by atoms with van der Waals surface area (Å²) in [5, 5.41) is 7.98. The number of likely N-dealkylation sites (tertiary alicyclic amines) is 1. The van der Waals surface area contributed by atoms with Crippen molar-refractivity contribution in [3.05, 3.63) is 53.9 Å². The molecule has 1 aromatic heterocycles. The smallest absolute Gasteiger partial charge is 0.274 e. The molecule has 0 N–H and O–H groups in total. The lowest BCUT2D eigenvalue weighted by atomic mass is 9.75. The number of methoxy groups -OCH3 is 1. The van der Waals surface area contributed by atoms with Gasteiger partial charge in [0, 0.05) is 30.3 Å². The van der Waals surface area contributed by atoms with Crippen molar-refractivity contribution < 1.29 is 9.53 Å². The van der Waals surface area contributed by atoms with E-state index >= 15 is 0 Å². The number of hydrogen-bond donors (Lipinski definition) is 0. The van der Waals surface area contributed by atoms with Crippen LogP contribution in [0.2, 0.25) is 0 Å². The Kier molecular flexibility index (Phi) is 4.08. The number of carbonyl (C=O) groups excluding carboxylic acids is 1. The van der Waals surface area contributed by atoms with E-state index in [1.54, 1.807) is 25.4 Å². The highest BCUT2D eigenvalue weighted by Crippen LogP contribution is 2.48. The number of rotatable bonds is 3. The van der Waals surface area contributed by atoms with E-state index in [1.165, 1.54) is 18.4 Å². The van der Waals surface area contributed by atoms with Gasteiger partial charge in [0.15, 0.2) is 5.69 Å². The molecule has 0 saturated carbocycles. The van der Waals surface area contributed by atoms with Crippen LogP contribution in [0.1, 0.15) is 34.8 Å². The summed E-state index contributed by atoms with van der Waals surface area (Å²) in [6, 6.07) is 12.4. The molecule has 1 amide bonds. The van der Waals surface area contributed by atoms with E-state index in [4.69, 9.17) is 4.74 Å². The highest BCUT2D eigenvalue weighted by Gasteiger charge is 2.55. The van der Waals surface area contributed by atoms with Gasteiger partial charge in [-0.1, -0.05) is 18.2 Å². The molecule has 4 saturated heterocycles. The first kappa shape index (κ1) is 16.7. The van der Waals surface area contributed by atoms with E-state index in [0.29, 0.717) is 24.2 Å². The fourth-order valence-corrected chi connectivity index (χ4v) is 5.46. The highest BCUT2D eigenvalue weighted by atomic mass is 16.5. The van der Waals surface area contributed by atoms with E-state index in [0.717, 1.165) is 18.8 Å². The zero-order valence-electron chi connectivity index (χ0n) is 15.5. The topological polar surface area (TPSA) is 58.6 Å². The standard InChI is InChI=1S/C21H24N4O2/c1-27-18-7-3-2-5-15(18)16-13-25(21(26)17-6-4-10-22-23-17)19-14-8-11-24(12-9-14)20(16)19/h2-7,10,14,16,19-20H,8-9,11-13H2,1H3/t16-,19+,20+/m0/s1. The van der Waals surface area contributed by atoms with Crippen LogP contribution in [-0.2, 0) is 0 Å². The summed E-state index contributed by atoms with van der Waals surface area (Å²) in [7, 11) is 1.72. The Morgan fingerprint density at radius 2 is 1.93 bits per heavy atom. The average molecular weight is 364 g/mol. The van der Waals surface area contributed by atoms with Gasteiger partial charge in [0.25, 0.3) is 5.91 Å². The molecule has 2 bridgehead atoms. The molecule has 3 atom stereocenters. The molecule has 6 heteroatoms. The summed E-state index contributed by atoms with van der Waals surface area (Å²) in [6.07, 6.45) is 3.95. The van der Waals surface area contributed by atoms with Gasteiger partial charge < -0.3 is 9.64 Å². The lowest BCUT2D eigenvalue weighted by Gasteiger charge is -2.51. The summed E-state index contributed by atoms with van der Waals surface area (Å²) in [4.78, 5) is 17.9. The van der Waals surface area contributed by atoms with Gasteiger partial charge in [0.2, 0.25) is 0 Å². The predicted octanol–water partition coefficient (Wildman–Crippen LogP) is 2.19. The Hall–Kier alpha value is -2.47. The number of hydrogen-bond acceptors (Lipinski definition) is 5. The molecule has 0 spiro atoms. The molecule has 2 aromatic rings. The zero-order chi connectivity index (χ0) is 18.4. The zero-order valence-corrected chi connectivity index (χ0v) is 15.5. The summed E-state index contributed by atoms with van der Waals surface area (Å²) >= 11 is 0. The fourth-order valence-electron chi connectivity index (χ4n) is 5.46. The molecule has 6 rings (SSSR count). The van der Waals surface area contributed by atoms with Gasteiger partial charge in [-0.05, 0) is 50.0 Å². The van der Waals surface area contributed by atoms with Crippen LogP contribution in [0.15, 0.2) is 42.6 Å². The molecule has 140 valence electrons. The Morgan fingerprint density at radius 3 is 2.67 bits per heavy atom. The Bertz CT molecular complexity index is 835. The van der Waals surface area contributed by atoms with Gasteiger partial charge >= 0.3 is 0 Å². The van der Waals surface area contributed by atoms with Crippen molar-refractivity contribution in [3.63, 3.8) is 0 Å². The molecule has 1 aromatic carbocycles. The molecule has 27 heavy (non-hydrogen) atoms. The van der Waals surface area contributed by atoms with Crippen LogP contribution < -0.4 is 4.74 Å². The molecule has 0 aliphatic carbocycles. The van der Waals surface area contributed by atoms with Gasteiger partial charge in [-0.15, -0.1) is 5.10 Å². The van der Waals surface area contributed by atoms with E-state index < -0.39 is 0 Å². The number of fused-ring (bicyclic) bond motifs is 2. The van der Waals surface area contributed by atoms with Crippen LogP contribution in [0.5, 0.6) is 5.75 Å². The minimum Gasteiger partial charge on any atom is -0.496 e. The van der Waals surface area contributed by atoms with Gasteiger partial charge in [0.1, 0.15) is 5.75 Å². The molecular weight excluding hydrogens is 340 g/mol. The minimum atomic E-state index is 0.00393. The Morgan fingerprint density at radius 1 is 1.11 bits per heavy atom. The fraction of sp³-hybridized carbons (Fsp3) is 0.476. The summed E-state index contributed by atoms with van der Waals surface area (Å²) in [5.74, 6) is 1.75. The van der Waals surface area contributed by atoms with E-state index in [9.17, 15) is 4.79 Å². The number of amides is 1. The molecule has 6 nitrogen and oxygen atoms in total. The summed E-state index contributed by atoms with van der Waals surface area (Å²) in [5.41, 5.74) is 1.64. The van der Waals surface area contributed by atoms with Crippen molar-refractivity contribution in [1.29, 1.82) is 0 Å². The predicted molar refractivity (Wildman–Crippen MR) is 101 cm³/mol. The maximum absolute atomic E-state index is 13.3. The van der Waals surface area contributed by atoms with Crippen molar-refractivity contribution in [2.24, 2.45) is 5.92 Å². The van der Waals surface area contributed by atoms with Crippen molar-refractivity contribution in [2.45, 2.75) is 30.8 Å². The van der Waals surface area contributed by atoms with Crippen LogP contribution in [0.3, 0.4) is 0 Å². The van der Waals surface area contributed by atoms with Crippen LogP contribution in [0.4, 0.5) is 0 Å². The van der Waals surface area contributed by atoms with Crippen LogP contribution in [0, 0.1) is 5.92 Å². The third-order valence-electron chi connectivity index (χ3n) is 6.58. The second kappa shape index (κ2) is 6.60. The third kappa shape index (κ3) is 2.62. The second-order valence-electron chi connectivity index (χ2n) is 7.77. The number of para-hydroxylation sites is 1. The van der Waals surface area contributed by atoms with Crippen molar-refractivity contribution in [2.75, 3.05) is 26.7 Å². The number of aromatic nitrogens is 2. The van der Waals surface area contributed by atoms with Crippen LogP contribution >= 0.6 is 0 Å². The number of ether oxygens (including phenoxy) is 1. The molecule has 4 fully saturated rings. The third-order valence-corrected chi connectivity index (χ3v) is 6.58. The van der Waals surface area contributed by atoms with Gasteiger partial charge in [-0.2, -0.15) is 5.10 Å². The minimum absolute atomic E-state index is 0.00393. The highest BCUT2D eigenvalue weighted by molar-refractivity contribution is 5.92. The molecule has 4 aliphatic heterocycles. The van der Waals surface area contributed by atoms with Crippen molar-refractivity contribution in [1.82, 2.24) is 20.0 Å². The lowest BCUT2D eigenvalue weighted by molar-refractivity contribution is -0.00371. The number of benzene rings is 1. The molecule has 5 heterocycles. The van der Waals surface area contributed by atoms with Crippen LogP contribution in [-0.4, -0.2) is 64.7 Å². The van der Waals surface area contributed by atoms with E-state index in [2.05, 4.69) is 32.1 Å². The number of nitrogens with zero attached hydrogens (tertiary/aromatic N) is 4. The van der Waals surface area contributed by atoms with Crippen molar-refractivity contribution >= 4 is 5.91 Å². The first-order valence-electron chi connectivity index (χ1n) is 9.73. The van der Waals surface area contributed by atoms with E-state index in [-0.39, 0.29) is 17.9 Å². The van der Waals surface area contributed by atoms with E-state index in [1.807, 2.05) is 12.1 Å². The number of carbonyl (C=O) groups is 1. The molecule has 0 radical (unpaired) electrons. The SMILES string of the molecule is COc1ccccc1[C@@H]1CN(C(=O)c2cccnn2)[C@@H]2C3CCN(CC3)[C@@H]21. The second-order valence-corrected chi connectivity index (χ2v) is 7.77. The Balaban J connectivity index is 1.55. The largest absolute Gasteiger partial charge is 0.496 e. The quantitative estimate of drug-likeness (QED) is 0.836. The van der Waals surface area contributed by atoms with Gasteiger partial charge in [-0.3, -0.25) is 9.69 Å².